The van der Waals surface area contributed by atoms with E-state index in [4.69, 9.17) is 14.6 Å². The first-order valence-electron chi connectivity index (χ1n) is 9.84. The fourth-order valence-electron chi connectivity index (χ4n) is 4.76. The number of rotatable bonds is 6. The summed E-state index contributed by atoms with van der Waals surface area (Å²) in [6.07, 6.45) is -1.18. The number of aliphatic hydroxyl groups is 1. The van der Waals surface area contributed by atoms with E-state index in [2.05, 4.69) is 15.3 Å². The van der Waals surface area contributed by atoms with Crippen molar-refractivity contribution >= 4 is 17.1 Å². The molecule has 2 bridgehead atoms. The van der Waals surface area contributed by atoms with Crippen molar-refractivity contribution in [3.63, 3.8) is 0 Å². The van der Waals surface area contributed by atoms with Gasteiger partial charge in [0.2, 0.25) is 5.88 Å². The second-order valence-corrected chi connectivity index (χ2v) is 8.26. The van der Waals surface area contributed by atoms with Gasteiger partial charge in [-0.1, -0.05) is 0 Å². The monoisotopic (exact) mass is 459 g/mol. The predicted molar refractivity (Wildman–Crippen MR) is 102 cm³/mol. The van der Waals surface area contributed by atoms with Gasteiger partial charge in [-0.15, -0.1) is 0 Å². The molecule has 1 unspecified atom stereocenters. The molecule has 5 rings (SSSR count). The molecule has 2 saturated heterocycles. The van der Waals surface area contributed by atoms with Crippen LogP contribution in [-0.4, -0.2) is 63.4 Å². The Hall–Kier alpha value is -2.73. The van der Waals surface area contributed by atoms with Gasteiger partial charge in [0.1, 0.15) is 17.8 Å². The summed E-state index contributed by atoms with van der Waals surface area (Å²) >= 11 is 0. The first kappa shape index (κ1) is 22.5. The van der Waals surface area contributed by atoms with Crippen LogP contribution in [0.1, 0.15) is 31.2 Å². The molecule has 0 spiro atoms. The number of amides is 1. The maximum atomic E-state index is 15.9. The molecule has 4 heterocycles. The summed E-state index contributed by atoms with van der Waals surface area (Å²) in [5.74, 6) is -6.05. The lowest BCUT2D eigenvalue weighted by Crippen LogP contribution is -2.73. The van der Waals surface area contributed by atoms with Gasteiger partial charge in [0.05, 0.1) is 36.5 Å². The van der Waals surface area contributed by atoms with Crippen LogP contribution in [0.4, 0.5) is 22.4 Å². The molecule has 1 amide bonds. The van der Waals surface area contributed by atoms with Crippen LogP contribution < -0.4 is 10.1 Å². The van der Waals surface area contributed by atoms with E-state index in [0.29, 0.717) is 6.20 Å². The van der Waals surface area contributed by atoms with Crippen LogP contribution >= 0.6 is 0 Å². The van der Waals surface area contributed by atoms with Crippen molar-refractivity contribution in [3.8, 4) is 5.88 Å². The first-order chi connectivity index (χ1) is 15.0. The van der Waals surface area contributed by atoms with Gasteiger partial charge in [0, 0.05) is 6.07 Å². The molecule has 3 aliphatic rings. The number of nitrogens with one attached hydrogen (secondary N) is 1. The van der Waals surface area contributed by atoms with E-state index in [-0.39, 0.29) is 43.7 Å². The van der Waals surface area contributed by atoms with Crippen molar-refractivity contribution in [2.24, 2.45) is 0 Å². The van der Waals surface area contributed by atoms with Crippen molar-refractivity contribution in [3.05, 3.63) is 29.7 Å². The van der Waals surface area contributed by atoms with Gasteiger partial charge in [-0.3, -0.25) is 4.98 Å². The molecule has 2 aromatic heterocycles. The normalized spacial score (nSPS) is 27.2. The molecule has 32 heavy (non-hydrogen) atoms. The van der Waals surface area contributed by atoms with Crippen LogP contribution in [-0.2, 0) is 10.7 Å². The van der Waals surface area contributed by atoms with E-state index in [9.17, 15) is 18.7 Å². The number of alkyl halides is 3. The number of nitrogens with zero attached hydrogens (tertiary/aromatic N) is 2. The van der Waals surface area contributed by atoms with E-state index in [1.165, 1.54) is 19.2 Å². The Balaban J connectivity index is 1.81. The van der Waals surface area contributed by atoms with Crippen LogP contribution in [0.2, 0.25) is 0 Å². The third-order valence-electron chi connectivity index (χ3n) is 6.64. The summed E-state index contributed by atoms with van der Waals surface area (Å²) in [6, 6.07) is 2.63. The molecule has 3 fully saturated rings. The minimum absolute atomic E-state index is 0.0450. The first-order valence-corrected chi connectivity index (χ1v) is 9.84. The number of halogens is 4. The fourth-order valence-corrected chi connectivity index (χ4v) is 4.76. The predicted octanol–water partition coefficient (Wildman–Crippen LogP) is 2.92. The molecule has 12 heteroatoms. The van der Waals surface area contributed by atoms with E-state index in [0.717, 1.165) is 0 Å². The molecule has 0 radical (unpaired) electrons. The van der Waals surface area contributed by atoms with E-state index < -0.39 is 52.3 Å². The Morgan fingerprint density at radius 3 is 2.53 bits per heavy atom. The Bertz CT molecular complexity index is 1040. The van der Waals surface area contributed by atoms with Crippen molar-refractivity contribution in [2.45, 2.75) is 48.3 Å². The summed E-state index contributed by atoms with van der Waals surface area (Å²) in [4.78, 5) is 18.7. The molecular weight excluding hydrogens is 438 g/mol. The van der Waals surface area contributed by atoms with Crippen molar-refractivity contribution < 1.29 is 42.0 Å². The van der Waals surface area contributed by atoms with Gasteiger partial charge >= 0.3 is 12.0 Å². The summed E-state index contributed by atoms with van der Waals surface area (Å²) in [6.45, 7) is -2.27. The van der Waals surface area contributed by atoms with Gasteiger partial charge in [0.25, 0.3) is 0 Å². The maximum Gasteiger partial charge on any atom is 0.405 e. The van der Waals surface area contributed by atoms with Crippen molar-refractivity contribution in [1.82, 2.24) is 15.3 Å². The summed E-state index contributed by atoms with van der Waals surface area (Å²) in [5, 5.41) is 22.5. The molecule has 1 aliphatic carbocycles. The van der Waals surface area contributed by atoms with Crippen LogP contribution in [0, 0.1) is 5.82 Å². The van der Waals surface area contributed by atoms with E-state index in [1.54, 1.807) is 0 Å². The van der Waals surface area contributed by atoms with E-state index in [1.807, 2.05) is 0 Å². The van der Waals surface area contributed by atoms with Gasteiger partial charge in [-0.25, -0.2) is 18.6 Å². The zero-order chi connectivity index (χ0) is 23.4. The van der Waals surface area contributed by atoms with Crippen LogP contribution in [0.25, 0.3) is 11.0 Å². The zero-order valence-corrected chi connectivity index (χ0v) is 17.0. The lowest BCUT2D eigenvalue weighted by Gasteiger charge is -2.59. The van der Waals surface area contributed by atoms with E-state index >= 15 is 8.78 Å². The Kier molecular flexibility index (Phi) is 5.20. The molecule has 0 aromatic carbocycles. The number of fused-ring (bicyclic) bond motifs is 4. The number of ether oxygens (including phenoxy) is 2. The highest BCUT2D eigenvalue weighted by Crippen LogP contribution is 2.57. The molecular formula is C20H21F4N3O5. The van der Waals surface area contributed by atoms with Crippen molar-refractivity contribution in [1.29, 1.82) is 0 Å². The lowest BCUT2D eigenvalue weighted by atomic mass is 9.62. The lowest BCUT2D eigenvalue weighted by molar-refractivity contribution is -0.321. The molecule has 3 N–H and O–H groups in total. The number of hydrogen-bond acceptors (Lipinski definition) is 6. The van der Waals surface area contributed by atoms with Gasteiger partial charge in [0.15, 0.2) is 11.4 Å². The van der Waals surface area contributed by atoms with Gasteiger partial charge in [-0.2, -0.15) is 8.78 Å². The molecule has 8 nitrogen and oxygen atoms in total. The van der Waals surface area contributed by atoms with Crippen LogP contribution in [0.15, 0.2) is 18.3 Å². The number of methoxy groups -OCH3 is 1. The summed E-state index contributed by atoms with van der Waals surface area (Å²) in [7, 11) is 1.24. The topological polar surface area (TPSA) is 114 Å². The second-order valence-electron chi connectivity index (χ2n) is 8.26. The third-order valence-corrected chi connectivity index (χ3v) is 6.64. The molecule has 2 aromatic rings. The van der Waals surface area contributed by atoms with Crippen molar-refractivity contribution in [2.75, 3.05) is 20.4 Å². The minimum atomic E-state index is -4.48. The minimum Gasteiger partial charge on any atom is -0.481 e. The zero-order valence-electron chi connectivity index (χ0n) is 17.0. The molecule has 2 aliphatic heterocycles. The average molecular weight is 459 g/mol. The highest BCUT2D eigenvalue weighted by atomic mass is 19.3. The van der Waals surface area contributed by atoms with Crippen LogP contribution in [0.3, 0.4) is 0 Å². The van der Waals surface area contributed by atoms with Crippen LogP contribution in [0.5, 0.6) is 5.88 Å². The Labute approximate surface area is 179 Å². The standard InChI is InChI=1S/C20H21F4N3O5/c1-31-13-3-2-12-15(26-13)14(11(22)8-25-12)20(23,24)19(30,9-21)18-6-4-17(5-7-18,10-32-18)27-16(28)29/h2-3,8,27,30H,4-7,9-10H2,1H3,(H,28,29). The van der Waals surface area contributed by atoms with Gasteiger partial charge < -0.3 is 25.0 Å². The fraction of sp³-hybridized carbons (Fsp3) is 0.550. The average Bonchev–Trinajstić information content (AvgIpc) is 2.78. The number of carboxylic acid groups (broad SMARTS) is 1. The quantitative estimate of drug-likeness (QED) is 0.569. The number of pyridine rings is 2. The smallest absolute Gasteiger partial charge is 0.405 e. The van der Waals surface area contributed by atoms with Gasteiger partial charge in [-0.05, 0) is 31.7 Å². The third kappa shape index (κ3) is 3.07. The highest BCUT2D eigenvalue weighted by Gasteiger charge is 2.71. The maximum absolute atomic E-state index is 15.9. The summed E-state index contributed by atoms with van der Waals surface area (Å²) in [5.41, 5.74) is -8.51. The SMILES string of the molecule is COc1ccc2ncc(F)c(C(F)(F)C(O)(CF)C34CCC(NC(=O)O)(CC3)CO4)c2n1. The second kappa shape index (κ2) is 7.41. The Morgan fingerprint density at radius 1 is 1.31 bits per heavy atom. The molecule has 174 valence electrons. The number of carbonyl (C=O) groups is 1. The molecule has 1 atom stereocenters. The highest BCUT2D eigenvalue weighted by molar-refractivity contribution is 5.79. The summed E-state index contributed by atoms with van der Waals surface area (Å²) < 4.78 is 71.5. The Morgan fingerprint density at radius 2 is 2.00 bits per heavy atom. The largest absolute Gasteiger partial charge is 0.481 e. The molecule has 1 saturated carbocycles. The number of aromatic nitrogens is 2. The number of hydrogen-bond donors (Lipinski definition) is 3.